The number of carbonyl (C=O) groups is 3. The topological polar surface area (TPSA) is 140 Å². The molecule has 0 aromatic heterocycles. The SMILES string of the molecule is O=C(O)[C@@H](O)[C@H](O)C(=O)N1C[C@H]2CC(c3ccc(CCCOc4cc(F)ccc4Br)cc3)=C(C(=O)N(CCc3ccc(F)cc3)C3CC3)[C@@H](C1)N2. The van der Waals surface area contributed by atoms with Crippen LogP contribution in [0.1, 0.15) is 42.4 Å². The maximum absolute atomic E-state index is 14.6. The number of ether oxygens (including phenoxy) is 1. The minimum absolute atomic E-state index is 0.000708. The number of aliphatic hydroxyl groups excluding tert-OH is 2. The van der Waals surface area contributed by atoms with Gasteiger partial charge in [0.05, 0.1) is 17.1 Å². The highest BCUT2D eigenvalue weighted by Gasteiger charge is 2.45. The van der Waals surface area contributed by atoms with E-state index in [4.69, 9.17) is 9.84 Å². The van der Waals surface area contributed by atoms with Crippen LogP contribution in [-0.4, -0.2) is 99.5 Å². The van der Waals surface area contributed by atoms with Gasteiger partial charge >= 0.3 is 5.97 Å². The summed E-state index contributed by atoms with van der Waals surface area (Å²) in [5, 5.41) is 32.9. The molecule has 13 heteroatoms. The van der Waals surface area contributed by atoms with E-state index in [0.29, 0.717) is 54.6 Å². The average molecular weight is 769 g/mol. The normalized spacial score (nSPS) is 19.7. The van der Waals surface area contributed by atoms with Gasteiger partial charge in [0.25, 0.3) is 11.8 Å². The van der Waals surface area contributed by atoms with E-state index in [1.165, 1.54) is 29.2 Å². The van der Waals surface area contributed by atoms with Gasteiger partial charge in [0.1, 0.15) is 17.4 Å². The number of benzene rings is 3. The van der Waals surface area contributed by atoms with Crippen molar-refractivity contribution in [2.75, 3.05) is 26.2 Å². The van der Waals surface area contributed by atoms with Crippen molar-refractivity contribution >= 4 is 39.3 Å². The Kier molecular flexibility index (Phi) is 11.5. The van der Waals surface area contributed by atoms with Gasteiger partial charge in [0.2, 0.25) is 0 Å². The number of hydrogen-bond donors (Lipinski definition) is 4. The molecule has 1 aliphatic carbocycles. The fourth-order valence-electron chi connectivity index (χ4n) is 6.81. The van der Waals surface area contributed by atoms with Crippen molar-refractivity contribution in [3.05, 3.63) is 105 Å². The second-order valence-electron chi connectivity index (χ2n) is 13.3. The Morgan fingerprint density at radius 2 is 1.59 bits per heavy atom. The Morgan fingerprint density at radius 3 is 2.27 bits per heavy atom. The molecule has 0 radical (unpaired) electrons. The second-order valence-corrected chi connectivity index (χ2v) is 14.2. The first-order valence-corrected chi connectivity index (χ1v) is 17.9. The quantitative estimate of drug-likeness (QED) is 0.180. The van der Waals surface area contributed by atoms with Crippen molar-refractivity contribution in [1.82, 2.24) is 15.1 Å². The molecule has 2 amide bonds. The predicted octanol–water partition coefficient (Wildman–Crippen LogP) is 4.11. The summed E-state index contributed by atoms with van der Waals surface area (Å²) >= 11 is 3.37. The zero-order chi connectivity index (χ0) is 36.2. The van der Waals surface area contributed by atoms with E-state index in [9.17, 15) is 33.4 Å². The van der Waals surface area contributed by atoms with Gasteiger partial charge in [0.15, 0.2) is 12.2 Å². The summed E-state index contributed by atoms with van der Waals surface area (Å²) < 4.78 is 33.6. The molecule has 3 aromatic rings. The lowest BCUT2D eigenvalue weighted by Crippen LogP contribution is -2.64. The van der Waals surface area contributed by atoms with Crippen LogP contribution in [-0.2, 0) is 27.2 Å². The molecule has 0 spiro atoms. The molecule has 270 valence electrons. The zero-order valence-corrected chi connectivity index (χ0v) is 29.4. The summed E-state index contributed by atoms with van der Waals surface area (Å²) in [5.74, 6) is -3.06. The summed E-state index contributed by atoms with van der Waals surface area (Å²) in [7, 11) is 0. The van der Waals surface area contributed by atoms with Crippen LogP contribution in [0.5, 0.6) is 5.75 Å². The molecule has 0 unspecified atom stereocenters. The van der Waals surface area contributed by atoms with Crippen molar-refractivity contribution in [1.29, 1.82) is 0 Å². The Morgan fingerprint density at radius 1 is 0.922 bits per heavy atom. The molecule has 2 aliphatic heterocycles. The Balaban J connectivity index is 1.23. The molecule has 1 saturated heterocycles. The fourth-order valence-corrected chi connectivity index (χ4v) is 7.18. The third-order valence-electron chi connectivity index (χ3n) is 9.62. The second kappa shape index (κ2) is 16.0. The number of carboxylic acids is 1. The van der Waals surface area contributed by atoms with Gasteiger partial charge < -0.3 is 35.2 Å². The van der Waals surface area contributed by atoms with E-state index >= 15 is 0 Å². The van der Waals surface area contributed by atoms with E-state index in [2.05, 4.69) is 21.2 Å². The van der Waals surface area contributed by atoms with Crippen LogP contribution in [0.15, 0.2) is 76.8 Å². The van der Waals surface area contributed by atoms with Gasteiger partial charge in [-0.2, -0.15) is 0 Å². The highest BCUT2D eigenvalue weighted by molar-refractivity contribution is 9.10. The number of hydrogen-bond acceptors (Lipinski definition) is 7. The number of halogens is 3. The molecular formula is C38H40BrF2N3O7. The van der Waals surface area contributed by atoms with Crippen LogP contribution in [0.4, 0.5) is 8.78 Å². The maximum atomic E-state index is 14.6. The molecule has 6 rings (SSSR count). The van der Waals surface area contributed by atoms with Crippen LogP contribution in [0.25, 0.3) is 5.57 Å². The van der Waals surface area contributed by atoms with Crippen LogP contribution in [0.2, 0.25) is 0 Å². The standard InChI is InChI=1S/C38H40BrF2N3O7/c39-30-14-11-26(41)18-32(30)51-17-1-2-22-3-7-24(8-4-22)29-19-27-20-43(37(48)34(45)35(46)38(49)50)21-31(42-27)33(29)36(47)44(28-12-13-28)16-15-23-5-9-25(40)10-6-23/h3-11,14,18,27-28,31,34-35,42,45-46H,1-2,12-13,15-17,19-21H2,(H,49,50)/t27-,31-,34+,35+/m1/s1. The molecule has 2 fully saturated rings. The average Bonchev–Trinajstić information content (AvgIpc) is 3.96. The third-order valence-corrected chi connectivity index (χ3v) is 10.3. The van der Waals surface area contributed by atoms with Crippen molar-refractivity contribution < 1.29 is 43.2 Å². The summed E-state index contributed by atoms with van der Waals surface area (Å²) in [6.45, 7) is 0.964. The van der Waals surface area contributed by atoms with Crippen LogP contribution < -0.4 is 10.1 Å². The first-order valence-electron chi connectivity index (χ1n) is 17.1. The number of amides is 2. The lowest BCUT2D eigenvalue weighted by Gasteiger charge is -2.45. The summed E-state index contributed by atoms with van der Waals surface area (Å²) in [5.41, 5.74) is 4.18. The van der Waals surface area contributed by atoms with E-state index in [0.717, 1.165) is 35.1 Å². The first kappa shape index (κ1) is 36.6. The lowest BCUT2D eigenvalue weighted by atomic mass is 9.82. The molecule has 3 aromatic carbocycles. The molecule has 10 nitrogen and oxygen atoms in total. The number of nitrogens with one attached hydrogen (secondary N) is 1. The number of nitrogens with zero attached hydrogens (tertiary/aromatic N) is 2. The van der Waals surface area contributed by atoms with Crippen molar-refractivity contribution in [2.45, 2.75) is 68.9 Å². The minimum Gasteiger partial charge on any atom is -0.492 e. The summed E-state index contributed by atoms with van der Waals surface area (Å²) in [6.07, 6.45) is -0.367. The summed E-state index contributed by atoms with van der Waals surface area (Å²) in [4.78, 5) is 42.2. The molecule has 4 atom stereocenters. The lowest BCUT2D eigenvalue weighted by molar-refractivity contribution is -0.163. The van der Waals surface area contributed by atoms with Gasteiger partial charge in [-0.3, -0.25) is 9.59 Å². The van der Waals surface area contributed by atoms with Crippen LogP contribution in [0, 0.1) is 11.6 Å². The largest absolute Gasteiger partial charge is 0.492 e. The Labute approximate surface area is 302 Å². The van der Waals surface area contributed by atoms with E-state index in [-0.39, 0.29) is 42.7 Å². The number of aryl methyl sites for hydroxylation is 1. The molecule has 3 aliphatic rings. The maximum Gasteiger partial charge on any atom is 0.335 e. The Hall–Kier alpha value is -4.17. The highest BCUT2D eigenvalue weighted by Crippen LogP contribution is 2.37. The fraction of sp³-hybridized carbons (Fsp3) is 0.395. The first-order chi connectivity index (χ1) is 24.5. The monoisotopic (exact) mass is 767 g/mol. The van der Waals surface area contributed by atoms with Gasteiger partial charge in [-0.05, 0) is 101 Å². The number of piperazine rings is 1. The molecular weight excluding hydrogens is 728 g/mol. The smallest absolute Gasteiger partial charge is 0.335 e. The van der Waals surface area contributed by atoms with Crippen molar-refractivity contribution in [2.24, 2.45) is 0 Å². The van der Waals surface area contributed by atoms with Crippen LogP contribution >= 0.6 is 15.9 Å². The Bertz CT molecular complexity index is 1780. The molecule has 1 saturated carbocycles. The number of carboxylic acid groups (broad SMARTS) is 1. The van der Waals surface area contributed by atoms with E-state index in [1.54, 1.807) is 18.2 Å². The number of carbonyl (C=O) groups excluding carboxylic acids is 2. The van der Waals surface area contributed by atoms with Gasteiger partial charge in [-0.1, -0.05) is 36.4 Å². The van der Waals surface area contributed by atoms with E-state index in [1.807, 2.05) is 29.2 Å². The number of aliphatic hydroxyl groups is 2. The molecule has 4 N–H and O–H groups in total. The summed E-state index contributed by atoms with van der Waals surface area (Å²) in [6, 6.07) is 17.6. The van der Waals surface area contributed by atoms with Crippen LogP contribution in [0.3, 0.4) is 0 Å². The number of rotatable bonds is 14. The molecule has 2 heterocycles. The number of aliphatic carboxylic acids is 1. The highest BCUT2D eigenvalue weighted by atomic mass is 79.9. The van der Waals surface area contributed by atoms with Gasteiger partial charge in [0, 0.05) is 43.4 Å². The van der Waals surface area contributed by atoms with E-state index < -0.39 is 30.1 Å². The third kappa shape index (κ3) is 8.83. The molecule has 51 heavy (non-hydrogen) atoms. The number of fused-ring (bicyclic) bond motifs is 2. The van der Waals surface area contributed by atoms with Crippen molar-refractivity contribution in [3.63, 3.8) is 0 Å². The zero-order valence-electron chi connectivity index (χ0n) is 27.8. The minimum atomic E-state index is -2.27. The predicted molar refractivity (Wildman–Crippen MR) is 188 cm³/mol. The van der Waals surface area contributed by atoms with Crippen molar-refractivity contribution in [3.8, 4) is 5.75 Å². The van der Waals surface area contributed by atoms with Gasteiger partial charge in [-0.15, -0.1) is 0 Å². The molecule has 2 bridgehead atoms. The van der Waals surface area contributed by atoms with Gasteiger partial charge in [-0.25, -0.2) is 13.6 Å².